The number of nitrogens with two attached hydrogens (primary N) is 1. The maximum absolute atomic E-state index is 13.9. The number of nitrogens with zero attached hydrogens (tertiary/aromatic N) is 5. The zero-order chi connectivity index (χ0) is 27.0. The van der Waals surface area contributed by atoms with Gasteiger partial charge in [-0.05, 0) is 62.1 Å². The standard InChI is InChI=1S/C28H29F2N7OS/c29-28(30)11-2-12-36(17-28)22-9-10-23-25(14-22)39-27(32-23)33-26(38)20-4-1-3-18(13-20)15-37-16-24(34-35-37)19-5-7-21(31)8-6-19/h1,3-8,13,16,22H,2,9-12,14-15,17,31H2,(H,32,33,38). The molecule has 1 aliphatic carbocycles. The molecule has 1 unspecified atom stereocenters. The molecule has 0 radical (unpaired) electrons. The van der Waals surface area contributed by atoms with Gasteiger partial charge in [0.25, 0.3) is 11.8 Å². The minimum Gasteiger partial charge on any atom is -0.399 e. The molecular weight excluding hydrogens is 520 g/mol. The summed E-state index contributed by atoms with van der Waals surface area (Å²) >= 11 is 1.45. The Bertz CT molecular complexity index is 1480. The molecule has 2 aromatic carbocycles. The lowest BCUT2D eigenvalue weighted by molar-refractivity contribution is -0.0761. The Morgan fingerprint density at radius 1 is 1.21 bits per heavy atom. The Morgan fingerprint density at radius 3 is 2.87 bits per heavy atom. The normalized spacial score (nSPS) is 19.0. The minimum absolute atomic E-state index is 0.0249. The molecule has 0 spiro atoms. The lowest BCUT2D eigenvalue weighted by Crippen LogP contribution is -2.49. The topological polar surface area (TPSA) is 102 Å². The van der Waals surface area contributed by atoms with Gasteiger partial charge in [0.1, 0.15) is 5.69 Å². The number of halogens is 2. The van der Waals surface area contributed by atoms with E-state index < -0.39 is 5.92 Å². The van der Waals surface area contributed by atoms with Crippen LogP contribution in [0.1, 0.15) is 45.8 Å². The molecule has 3 N–H and O–H groups in total. The van der Waals surface area contributed by atoms with Crippen molar-refractivity contribution < 1.29 is 13.6 Å². The number of nitrogen functional groups attached to an aromatic ring is 1. The van der Waals surface area contributed by atoms with Gasteiger partial charge in [-0.1, -0.05) is 29.5 Å². The van der Waals surface area contributed by atoms with Crippen molar-refractivity contribution in [3.8, 4) is 11.3 Å². The third kappa shape index (κ3) is 5.84. The molecule has 8 nitrogen and oxygen atoms in total. The average Bonchev–Trinajstić information content (AvgIpc) is 3.54. The average molecular weight is 550 g/mol. The third-order valence-corrected chi connectivity index (χ3v) is 8.39. The highest BCUT2D eigenvalue weighted by Crippen LogP contribution is 2.35. The number of carbonyl (C=O) groups excluding carboxylic acids is 1. The summed E-state index contributed by atoms with van der Waals surface area (Å²) < 4.78 is 29.6. The van der Waals surface area contributed by atoms with Crippen LogP contribution in [-0.4, -0.2) is 55.8 Å². The van der Waals surface area contributed by atoms with Crippen LogP contribution in [0.4, 0.5) is 19.6 Å². The molecule has 202 valence electrons. The fraction of sp³-hybridized carbons (Fsp3) is 0.357. The van der Waals surface area contributed by atoms with Crippen LogP contribution in [0, 0.1) is 0 Å². The highest BCUT2D eigenvalue weighted by molar-refractivity contribution is 7.15. The van der Waals surface area contributed by atoms with Crippen molar-refractivity contribution in [1.82, 2.24) is 24.9 Å². The Kier molecular flexibility index (Phi) is 6.86. The van der Waals surface area contributed by atoms with E-state index >= 15 is 0 Å². The van der Waals surface area contributed by atoms with E-state index in [2.05, 4.69) is 20.6 Å². The molecule has 1 amide bonds. The number of likely N-dealkylation sites (tertiary alicyclic amines) is 1. The number of hydrogen-bond acceptors (Lipinski definition) is 7. The van der Waals surface area contributed by atoms with E-state index in [1.807, 2.05) is 53.6 Å². The molecule has 0 saturated carbocycles. The lowest BCUT2D eigenvalue weighted by Gasteiger charge is -2.39. The van der Waals surface area contributed by atoms with Gasteiger partial charge in [0, 0.05) is 34.2 Å². The molecule has 6 rings (SSSR count). The second-order valence-corrected chi connectivity index (χ2v) is 11.4. The summed E-state index contributed by atoms with van der Waals surface area (Å²) in [5, 5.41) is 11.9. The Morgan fingerprint density at radius 2 is 2.05 bits per heavy atom. The van der Waals surface area contributed by atoms with Crippen LogP contribution in [0.25, 0.3) is 11.3 Å². The molecule has 0 bridgehead atoms. The molecule has 1 saturated heterocycles. The van der Waals surface area contributed by atoms with Gasteiger partial charge in [0.2, 0.25) is 0 Å². The largest absolute Gasteiger partial charge is 0.399 e. The predicted octanol–water partition coefficient (Wildman–Crippen LogP) is 4.87. The SMILES string of the molecule is Nc1ccc(-c2cn(Cc3cccc(C(=O)Nc4nc5c(s4)CC(N4CCCC(F)(F)C4)CC5)c3)nn2)cc1. The summed E-state index contributed by atoms with van der Waals surface area (Å²) in [6.45, 7) is 1.01. The van der Waals surface area contributed by atoms with E-state index in [0.717, 1.165) is 40.2 Å². The Hall–Kier alpha value is -3.70. The van der Waals surface area contributed by atoms with Crippen molar-refractivity contribution in [2.24, 2.45) is 0 Å². The van der Waals surface area contributed by atoms with Crippen molar-refractivity contribution in [3.63, 3.8) is 0 Å². The molecule has 39 heavy (non-hydrogen) atoms. The van der Waals surface area contributed by atoms with Crippen LogP contribution >= 0.6 is 11.3 Å². The summed E-state index contributed by atoms with van der Waals surface area (Å²) in [6, 6.07) is 14.9. The van der Waals surface area contributed by atoms with E-state index in [1.54, 1.807) is 10.7 Å². The molecule has 11 heteroatoms. The highest BCUT2D eigenvalue weighted by atomic mass is 32.1. The summed E-state index contributed by atoms with van der Waals surface area (Å²) in [5.41, 5.74) is 10.5. The zero-order valence-electron chi connectivity index (χ0n) is 21.3. The maximum Gasteiger partial charge on any atom is 0.260 e. The third-order valence-electron chi connectivity index (χ3n) is 7.35. The first-order chi connectivity index (χ1) is 18.8. The van der Waals surface area contributed by atoms with Crippen LogP contribution < -0.4 is 11.1 Å². The predicted molar refractivity (Wildman–Crippen MR) is 147 cm³/mol. The molecule has 2 aliphatic rings. The fourth-order valence-electron chi connectivity index (χ4n) is 5.36. The molecule has 3 heterocycles. The number of amides is 1. The summed E-state index contributed by atoms with van der Waals surface area (Å²) in [7, 11) is 0. The molecule has 1 atom stereocenters. The number of alkyl halides is 2. The number of anilines is 2. The van der Waals surface area contributed by atoms with E-state index in [0.29, 0.717) is 42.3 Å². The maximum atomic E-state index is 13.9. The number of hydrogen-bond donors (Lipinski definition) is 2. The summed E-state index contributed by atoms with van der Waals surface area (Å²) in [4.78, 5) is 20.7. The van der Waals surface area contributed by atoms with Gasteiger partial charge >= 0.3 is 0 Å². The van der Waals surface area contributed by atoms with Gasteiger partial charge in [0.05, 0.1) is 25.0 Å². The number of thiazole rings is 1. The number of aromatic nitrogens is 4. The number of aryl methyl sites for hydroxylation is 1. The first-order valence-electron chi connectivity index (χ1n) is 13.1. The van der Waals surface area contributed by atoms with Crippen LogP contribution in [0.3, 0.4) is 0 Å². The number of fused-ring (bicyclic) bond motifs is 1. The van der Waals surface area contributed by atoms with Crippen LogP contribution in [0.5, 0.6) is 0 Å². The van der Waals surface area contributed by atoms with Crippen LogP contribution in [0.2, 0.25) is 0 Å². The van der Waals surface area contributed by atoms with Gasteiger partial charge in [-0.25, -0.2) is 18.4 Å². The number of rotatable bonds is 6. The molecule has 1 aliphatic heterocycles. The first kappa shape index (κ1) is 25.6. The van der Waals surface area contributed by atoms with Gasteiger partial charge in [0.15, 0.2) is 5.13 Å². The van der Waals surface area contributed by atoms with Gasteiger partial charge in [-0.15, -0.1) is 16.4 Å². The molecular formula is C28H29F2N7OS. The lowest BCUT2D eigenvalue weighted by atomic mass is 9.94. The van der Waals surface area contributed by atoms with Crippen molar-refractivity contribution in [3.05, 3.63) is 76.4 Å². The van der Waals surface area contributed by atoms with Gasteiger partial charge in [-0.3, -0.25) is 15.0 Å². The number of benzene rings is 2. The van der Waals surface area contributed by atoms with E-state index in [-0.39, 0.29) is 24.9 Å². The Labute approximate surface area is 228 Å². The van der Waals surface area contributed by atoms with Crippen LogP contribution in [0.15, 0.2) is 54.7 Å². The Balaban J connectivity index is 1.09. The first-order valence-corrected chi connectivity index (χ1v) is 13.9. The van der Waals surface area contributed by atoms with Crippen molar-refractivity contribution in [1.29, 1.82) is 0 Å². The van der Waals surface area contributed by atoms with Gasteiger partial charge < -0.3 is 5.73 Å². The molecule has 2 aromatic heterocycles. The smallest absolute Gasteiger partial charge is 0.260 e. The second-order valence-electron chi connectivity index (χ2n) is 10.3. The number of nitrogens with one attached hydrogen (secondary N) is 1. The van der Waals surface area contributed by atoms with Crippen molar-refractivity contribution in [2.75, 3.05) is 24.1 Å². The summed E-state index contributed by atoms with van der Waals surface area (Å²) in [6.07, 6.45) is 4.61. The molecule has 4 aromatic rings. The van der Waals surface area contributed by atoms with Crippen LogP contribution in [-0.2, 0) is 19.4 Å². The molecule has 1 fully saturated rings. The quantitative estimate of drug-likeness (QED) is 0.333. The van der Waals surface area contributed by atoms with Crippen molar-refractivity contribution in [2.45, 2.75) is 50.6 Å². The highest BCUT2D eigenvalue weighted by Gasteiger charge is 2.39. The van der Waals surface area contributed by atoms with E-state index in [9.17, 15) is 13.6 Å². The van der Waals surface area contributed by atoms with Gasteiger partial charge in [-0.2, -0.15) is 0 Å². The monoisotopic (exact) mass is 549 g/mol. The van der Waals surface area contributed by atoms with E-state index in [4.69, 9.17) is 5.73 Å². The minimum atomic E-state index is -2.60. The zero-order valence-corrected chi connectivity index (χ0v) is 22.1. The van der Waals surface area contributed by atoms with E-state index in [1.165, 1.54) is 11.3 Å². The summed E-state index contributed by atoms with van der Waals surface area (Å²) in [5.74, 6) is -2.84. The number of piperidine rings is 1. The second kappa shape index (κ2) is 10.5. The fourth-order valence-corrected chi connectivity index (χ4v) is 6.43. The number of carbonyl (C=O) groups is 1. The van der Waals surface area contributed by atoms with Crippen molar-refractivity contribution >= 4 is 28.1 Å².